The molecule has 16 heteroatoms. The van der Waals surface area contributed by atoms with Crippen LogP contribution in [0.3, 0.4) is 0 Å². The normalized spacial score (nSPS) is 19.1. The van der Waals surface area contributed by atoms with Crippen LogP contribution >= 0.6 is 0 Å². The first-order valence-electron chi connectivity index (χ1n) is 12.8. The zero-order valence-electron chi connectivity index (χ0n) is 21.7. The second-order valence-electron chi connectivity index (χ2n) is 10.2. The van der Waals surface area contributed by atoms with Gasteiger partial charge in [-0.25, -0.2) is 0 Å². The molecule has 1 N–H and O–H groups in total. The van der Waals surface area contributed by atoms with Crippen molar-refractivity contribution in [3.05, 3.63) is 28.8 Å². The van der Waals surface area contributed by atoms with E-state index in [9.17, 15) is 43.2 Å². The number of benzene rings is 1. The molecule has 0 spiro atoms. The third-order valence-electron chi connectivity index (χ3n) is 7.00. The number of alkyl halides is 6. The van der Waals surface area contributed by atoms with Crippen LogP contribution in [0.4, 0.5) is 26.3 Å². The van der Waals surface area contributed by atoms with E-state index in [1.165, 1.54) is 12.1 Å². The van der Waals surface area contributed by atoms with Gasteiger partial charge in [-0.05, 0) is 44.7 Å². The van der Waals surface area contributed by atoms with Crippen LogP contribution in [0.25, 0.3) is 0 Å². The van der Waals surface area contributed by atoms with Crippen molar-refractivity contribution in [2.45, 2.75) is 113 Å². The molecule has 0 atom stereocenters. The van der Waals surface area contributed by atoms with Gasteiger partial charge in [0.1, 0.15) is 0 Å². The maximum atomic E-state index is 14.6. The fourth-order valence-electron chi connectivity index (χ4n) is 4.78. The molecule has 1 aromatic carbocycles. The Morgan fingerprint density at radius 3 is 1.52 bits per heavy atom. The Morgan fingerprint density at radius 2 is 1.15 bits per heavy atom. The molecule has 0 bridgehead atoms. The number of halogens is 6. The zero-order valence-corrected chi connectivity index (χ0v) is 23.3. The molecule has 0 heterocycles. The smallest absolute Gasteiger partial charge is 0.377 e. The van der Waals surface area contributed by atoms with Crippen LogP contribution in [0.2, 0.25) is 0 Å². The van der Waals surface area contributed by atoms with Crippen LogP contribution in [0.15, 0.2) is 12.1 Å². The van der Waals surface area contributed by atoms with Crippen molar-refractivity contribution in [1.82, 2.24) is 0 Å². The predicted octanol–water partition coefficient (Wildman–Crippen LogP) is 6.11. The highest BCUT2D eigenvalue weighted by Crippen LogP contribution is 2.51. The van der Waals surface area contributed by atoms with Gasteiger partial charge >= 0.3 is 36.7 Å². The van der Waals surface area contributed by atoms with E-state index >= 15 is 0 Å². The molecule has 0 amide bonds. The van der Waals surface area contributed by atoms with Gasteiger partial charge < -0.3 is 13.7 Å². The van der Waals surface area contributed by atoms with Crippen LogP contribution in [-0.4, -0.2) is 50.0 Å². The van der Waals surface area contributed by atoms with Gasteiger partial charge in [-0.1, -0.05) is 44.1 Å². The van der Waals surface area contributed by atoms with Crippen molar-refractivity contribution >= 4 is 20.2 Å². The molecule has 0 saturated heterocycles. The molecule has 2 aliphatic rings. The lowest BCUT2D eigenvalue weighted by Gasteiger charge is -2.30. The molecule has 2 fully saturated rings. The monoisotopic (exact) mass is 626 g/mol. The van der Waals surface area contributed by atoms with Gasteiger partial charge in [0.15, 0.2) is 5.75 Å². The molecule has 2 saturated carbocycles. The third kappa shape index (κ3) is 6.88. The number of hydrogen-bond acceptors (Lipinski definition) is 7. The fourth-order valence-corrected chi connectivity index (χ4v) is 6.28. The van der Waals surface area contributed by atoms with Crippen molar-refractivity contribution in [2.24, 2.45) is 0 Å². The molecule has 3 rings (SSSR count). The molecule has 1 aromatic rings. The minimum atomic E-state index is -7.16. The van der Waals surface area contributed by atoms with Crippen molar-refractivity contribution in [1.29, 1.82) is 0 Å². The Hall–Kier alpha value is -1.62. The van der Waals surface area contributed by atoms with E-state index in [2.05, 4.69) is 4.18 Å². The van der Waals surface area contributed by atoms with Gasteiger partial charge in [-0.2, -0.15) is 43.2 Å². The first-order valence-corrected chi connectivity index (χ1v) is 15.7. The van der Waals surface area contributed by atoms with Crippen LogP contribution in [0.1, 0.15) is 80.9 Å². The van der Waals surface area contributed by atoms with E-state index in [0.717, 1.165) is 38.5 Å². The lowest BCUT2D eigenvalue weighted by molar-refractivity contribution is -0.247. The summed E-state index contributed by atoms with van der Waals surface area (Å²) in [5, 5.41) is -13.7. The lowest BCUT2D eigenvalue weighted by atomic mass is 9.97. The minimum absolute atomic E-state index is 0.142. The van der Waals surface area contributed by atoms with E-state index in [1.807, 2.05) is 0 Å². The Bertz CT molecular complexity index is 1200. The Balaban J connectivity index is 2.00. The van der Waals surface area contributed by atoms with Crippen LogP contribution < -0.4 is 4.18 Å². The van der Waals surface area contributed by atoms with Gasteiger partial charge in [0.2, 0.25) is 0 Å². The summed E-state index contributed by atoms with van der Waals surface area (Å²) in [6.45, 7) is 0.829. The number of hydrogen-bond donors (Lipinski definition) is 1. The molecule has 230 valence electrons. The number of ether oxygens (including phenoxy) is 2. The summed E-state index contributed by atoms with van der Waals surface area (Å²) < 4.78 is 156. The van der Waals surface area contributed by atoms with E-state index in [4.69, 9.17) is 14.0 Å². The Morgan fingerprint density at radius 1 is 0.750 bits per heavy atom. The second kappa shape index (κ2) is 12.3. The predicted molar refractivity (Wildman–Crippen MR) is 130 cm³/mol. The van der Waals surface area contributed by atoms with Gasteiger partial charge in [0.25, 0.3) is 0 Å². The summed E-state index contributed by atoms with van der Waals surface area (Å²) in [5.41, 5.74) is 0.207. The van der Waals surface area contributed by atoms with E-state index < -0.39 is 42.4 Å². The molecule has 0 unspecified atom stereocenters. The first-order chi connectivity index (χ1) is 18.4. The van der Waals surface area contributed by atoms with Crippen LogP contribution in [-0.2, 0) is 42.9 Å². The maximum absolute atomic E-state index is 14.6. The minimum Gasteiger partial charge on any atom is -0.377 e. The van der Waals surface area contributed by atoms with Crippen molar-refractivity contribution in [3.63, 3.8) is 0 Å². The maximum Gasteiger partial charge on any atom is 0.450 e. The molecular weight excluding hydrogens is 594 g/mol. The highest BCUT2D eigenvalue weighted by Gasteiger charge is 2.83. The summed E-state index contributed by atoms with van der Waals surface area (Å²) in [6.07, 6.45) is 7.60. The zero-order chi connectivity index (χ0) is 30.0. The summed E-state index contributed by atoms with van der Waals surface area (Å²) in [7, 11) is -14.2. The van der Waals surface area contributed by atoms with E-state index in [-0.39, 0.29) is 36.5 Å². The molecule has 0 aliphatic heterocycles. The topological polar surface area (TPSA) is 116 Å². The van der Waals surface area contributed by atoms with E-state index in [0.29, 0.717) is 31.2 Å². The van der Waals surface area contributed by atoms with Gasteiger partial charge in [0.05, 0.1) is 25.4 Å². The highest BCUT2D eigenvalue weighted by atomic mass is 32.2. The molecule has 2 aliphatic carbocycles. The first kappa shape index (κ1) is 32.9. The fraction of sp³-hybridized carbons (Fsp3) is 0.750. The van der Waals surface area contributed by atoms with Crippen molar-refractivity contribution in [2.75, 3.05) is 0 Å². The lowest BCUT2D eigenvalue weighted by Crippen LogP contribution is -2.61. The Labute approximate surface area is 229 Å². The third-order valence-corrected chi connectivity index (χ3v) is 9.18. The highest BCUT2D eigenvalue weighted by molar-refractivity contribution is 7.88. The molecular formula is C24H32F6O8S2. The largest absolute Gasteiger partial charge is 0.450 e. The SMILES string of the molecule is Cc1cc(COC2CCCCC2)c(OS(=O)(=O)C(F)(F)C(F)(F)C(F)(F)S(=O)(=O)O)c(COC2CCCCC2)c1. The average molecular weight is 627 g/mol. The summed E-state index contributed by atoms with van der Waals surface area (Å²) in [6, 6.07) is 2.61. The standard InChI is InChI=1S/C24H32F6O8S2/c1-16-12-17(14-36-19-8-4-2-5-9-19)21(18(13-16)15-37-20-10-6-3-7-11-20)38-40(34,35)24(29,30)22(25,26)23(27,28)39(31,32)33/h12-13,19-20H,2-11,14-15H2,1H3,(H,31,32,33). The van der Waals surface area contributed by atoms with Gasteiger partial charge in [-0.15, -0.1) is 0 Å². The average Bonchev–Trinajstić information content (AvgIpc) is 2.87. The van der Waals surface area contributed by atoms with Crippen LogP contribution in [0, 0.1) is 6.92 Å². The van der Waals surface area contributed by atoms with Gasteiger partial charge in [-0.3, -0.25) is 4.55 Å². The summed E-state index contributed by atoms with van der Waals surface area (Å²) in [5.74, 6) is -7.99. The van der Waals surface area contributed by atoms with Crippen molar-refractivity contribution < 1.29 is 61.4 Å². The molecule has 0 radical (unpaired) electrons. The quantitative estimate of drug-likeness (QED) is 0.168. The van der Waals surface area contributed by atoms with E-state index in [1.54, 1.807) is 6.92 Å². The molecule has 40 heavy (non-hydrogen) atoms. The van der Waals surface area contributed by atoms with Crippen molar-refractivity contribution in [3.8, 4) is 5.75 Å². The number of rotatable bonds is 12. The molecule has 0 aromatic heterocycles. The van der Waals surface area contributed by atoms with Gasteiger partial charge in [0, 0.05) is 11.1 Å². The second-order valence-corrected chi connectivity index (χ2v) is 13.2. The summed E-state index contributed by atoms with van der Waals surface area (Å²) >= 11 is 0. The molecule has 8 nitrogen and oxygen atoms in total. The van der Waals surface area contributed by atoms with Crippen LogP contribution in [0.5, 0.6) is 5.75 Å². The Kier molecular flexibility index (Phi) is 10.1. The number of aryl methyl sites for hydroxylation is 1. The summed E-state index contributed by atoms with van der Waals surface area (Å²) in [4.78, 5) is 0.